The van der Waals surface area contributed by atoms with Crippen molar-refractivity contribution >= 4 is 17.5 Å². The molecule has 0 aliphatic heterocycles. The third-order valence-electron chi connectivity index (χ3n) is 1.86. The first-order chi connectivity index (χ1) is 7.19. The van der Waals surface area contributed by atoms with E-state index in [0.717, 1.165) is 5.56 Å². The lowest BCUT2D eigenvalue weighted by Gasteiger charge is -1.99. The lowest BCUT2D eigenvalue weighted by atomic mass is 10.1. The zero-order valence-corrected chi connectivity index (χ0v) is 8.01. The highest BCUT2D eigenvalue weighted by Gasteiger charge is 2.04. The van der Waals surface area contributed by atoms with Crippen molar-refractivity contribution in [2.24, 2.45) is 0 Å². The van der Waals surface area contributed by atoms with Crippen LogP contribution in [0.3, 0.4) is 0 Å². The Hall–Kier alpha value is -2.23. The summed E-state index contributed by atoms with van der Waals surface area (Å²) in [5.74, 6) is 0. The largest absolute Gasteiger partial charge is 0.308 e. The fourth-order valence-corrected chi connectivity index (χ4v) is 1.13. The summed E-state index contributed by atoms with van der Waals surface area (Å²) in [7, 11) is 0. The van der Waals surface area contributed by atoms with Crippen LogP contribution in [0.1, 0.15) is 5.56 Å². The Morgan fingerprint density at radius 1 is 1.40 bits per heavy atom. The number of allylic oxidation sites excluding steroid dienone is 3. The van der Waals surface area contributed by atoms with Gasteiger partial charge in [-0.3, -0.25) is 10.1 Å². The zero-order valence-electron chi connectivity index (χ0n) is 8.01. The van der Waals surface area contributed by atoms with Gasteiger partial charge in [0.25, 0.3) is 5.69 Å². The summed E-state index contributed by atoms with van der Waals surface area (Å²) < 4.78 is 0. The van der Waals surface area contributed by atoms with Crippen LogP contribution in [-0.2, 0) is 0 Å². The molecule has 15 heavy (non-hydrogen) atoms. The summed E-state index contributed by atoms with van der Waals surface area (Å²) in [6.45, 7) is 3.53. The monoisotopic (exact) mass is 202 g/mol. The van der Waals surface area contributed by atoms with Crippen molar-refractivity contribution in [3.05, 3.63) is 58.7 Å². The van der Waals surface area contributed by atoms with Crippen LogP contribution in [0.15, 0.2) is 43.0 Å². The minimum atomic E-state index is -0.453. The molecule has 0 saturated heterocycles. The first kappa shape index (κ1) is 10.8. The van der Waals surface area contributed by atoms with Gasteiger partial charge in [-0.1, -0.05) is 18.7 Å². The predicted molar refractivity (Wildman–Crippen MR) is 60.1 cm³/mol. The van der Waals surface area contributed by atoms with Crippen LogP contribution in [0.2, 0.25) is 0 Å². The number of nitrogens with one attached hydrogen (secondary N) is 1. The van der Waals surface area contributed by atoms with E-state index in [4.69, 9.17) is 5.41 Å². The van der Waals surface area contributed by atoms with Crippen molar-refractivity contribution in [1.82, 2.24) is 0 Å². The summed E-state index contributed by atoms with van der Waals surface area (Å²) in [5, 5.41) is 17.6. The Labute approximate surface area is 87.2 Å². The minimum absolute atomic E-state index is 0.0432. The molecule has 0 aliphatic carbocycles. The predicted octanol–water partition coefficient (Wildman–Crippen LogP) is 2.81. The van der Waals surface area contributed by atoms with Crippen molar-refractivity contribution in [3.8, 4) is 0 Å². The first-order valence-electron chi connectivity index (χ1n) is 4.27. The SMILES string of the molecule is C=C/C=C(\C=N)c1ccc([N+](=O)[O-])cc1. The van der Waals surface area contributed by atoms with Crippen LogP contribution in [0.25, 0.3) is 5.57 Å². The lowest BCUT2D eigenvalue weighted by molar-refractivity contribution is -0.384. The van der Waals surface area contributed by atoms with Gasteiger partial charge in [-0.2, -0.15) is 0 Å². The maximum atomic E-state index is 10.4. The summed E-state index contributed by atoms with van der Waals surface area (Å²) in [5.41, 5.74) is 1.47. The summed E-state index contributed by atoms with van der Waals surface area (Å²) >= 11 is 0. The number of non-ortho nitro benzene ring substituents is 1. The van der Waals surface area contributed by atoms with E-state index in [2.05, 4.69) is 6.58 Å². The molecule has 4 nitrogen and oxygen atoms in total. The fourth-order valence-electron chi connectivity index (χ4n) is 1.13. The summed E-state index contributed by atoms with van der Waals surface area (Å²) in [4.78, 5) is 9.95. The molecule has 0 atom stereocenters. The van der Waals surface area contributed by atoms with Crippen LogP contribution in [0.5, 0.6) is 0 Å². The van der Waals surface area contributed by atoms with E-state index >= 15 is 0 Å². The van der Waals surface area contributed by atoms with E-state index in [1.807, 2.05) is 0 Å². The molecule has 0 heterocycles. The maximum Gasteiger partial charge on any atom is 0.269 e. The van der Waals surface area contributed by atoms with Crippen LogP contribution in [0, 0.1) is 15.5 Å². The highest BCUT2D eigenvalue weighted by Crippen LogP contribution is 2.17. The smallest absolute Gasteiger partial charge is 0.269 e. The van der Waals surface area contributed by atoms with E-state index < -0.39 is 4.92 Å². The third kappa shape index (κ3) is 2.60. The molecule has 0 fully saturated rings. The zero-order chi connectivity index (χ0) is 11.3. The molecule has 4 heteroatoms. The molecule has 0 amide bonds. The molecular weight excluding hydrogens is 192 g/mol. The van der Waals surface area contributed by atoms with E-state index in [1.54, 1.807) is 24.3 Å². The Bertz CT molecular complexity index is 419. The Morgan fingerprint density at radius 2 is 2.00 bits per heavy atom. The van der Waals surface area contributed by atoms with Crippen LogP contribution in [-0.4, -0.2) is 11.1 Å². The minimum Gasteiger partial charge on any atom is -0.308 e. The van der Waals surface area contributed by atoms with Crippen molar-refractivity contribution < 1.29 is 4.92 Å². The number of nitrogens with zero attached hydrogens (tertiary/aromatic N) is 1. The van der Waals surface area contributed by atoms with Crippen molar-refractivity contribution in [1.29, 1.82) is 5.41 Å². The molecule has 0 bridgehead atoms. The molecule has 1 aromatic carbocycles. The second-order valence-electron chi connectivity index (χ2n) is 2.81. The van der Waals surface area contributed by atoms with Crippen molar-refractivity contribution in [2.45, 2.75) is 0 Å². The lowest BCUT2D eigenvalue weighted by Crippen LogP contribution is -1.89. The molecular formula is C11H10N2O2. The second kappa shape index (κ2) is 4.85. The number of benzene rings is 1. The second-order valence-corrected chi connectivity index (χ2v) is 2.81. The maximum absolute atomic E-state index is 10.4. The molecule has 0 spiro atoms. The van der Waals surface area contributed by atoms with Crippen LogP contribution < -0.4 is 0 Å². The van der Waals surface area contributed by atoms with Gasteiger partial charge in [0.05, 0.1) is 4.92 Å². The number of nitro benzene ring substituents is 1. The number of nitro groups is 1. The average molecular weight is 202 g/mol. The Balaban J connectivity index is 3.07. The first-order valence-corrected chi connectivity index (χ1v) is 4.27. The van der Waals surface area contributed by atoms with E-state index in [-0.39, 0.29) is 5.69 Å². The topological polar surface area (TPSA) is 67.0 Å². The molecule has 1 rings (SSSR count). The molecule has 0 saturated carbocycles. The van der Waals surface area contributed by atoms with Crippen molar-refractivity contribution in [2.75, 3.05) is 0 Å². The normalized spacial score (nSPS) is 10.8. The van der Waals surface area contributed by atoms with Gasteiger partial charge in [0, 0.05) is 18.3 Å². The molecule has 1 aromatic rings. The van der Waals surface area contributed by atoms with E-state index in [1.165, 1.54) is 18.3 Å². The Kier molecular flexibility index (Phi) is 3.51. The highest BCUT2D eigenvalue weighted by atomic mass is 16.6. The van der Waals surface area contributed by atoms with Gasteiger partial charge >= 0.3 is 0 Å². The van der Waals surface area contributed by atoms with Crippen LogP contribution >= 0.6 is 0 Å². The summed E-state index contributed by atoms with van der Waals surface area (Å²) in [6.07, 6.45) is 4.43. The van der Waals surface area contributed by atoms with Gasteiger partial charge in [0.15, 0.2) is 0 Å². The number of hydrogen-bond donors (Lipinski definition) is 1. The van der Waals surface area contributed by atoms with Crippen LogP contribution in [0.4, 0.5) is 5.69 Å². The third-order valence-corrected chi connectivity index (χ3v) is 1.86. The number of hydrogen-bond acceptors (Lipinski definition) is 3. The van der Waals surface area contributed by atoms with Gasteiger partial charge in [0.2, 0.25) is 0 Å². The molecule has 1 N–H and O–H groups in total. The Morgan fingerprint density at radius 3 is 2.40 bits per heavy atom. The molecule has 0 aliphatic rings. The molecule has 0 unspecified atom stereocenters. The standard InChI is InChI=1S/C11H10N2O2/c1-2-3-10(8-12)9-4-6-11(7-5-9)13(14)15/h2-8,12H,1H2/b10-3+,12-8?. The summed E-state index contributed by atoms with van der Waals surface area (Å²) in [6, 6.07) is 6.04. The number of rotatable bonds is 4. The van der Waals surface area contributed by atoms with E-state index in [9.17, 15) is 10.1 Å². The van der Waals surface area contributed by atoms with Gasteiger partial charge in [0.1, 0.15) is 0 Å². The van der Waals surface area contributed by atoms with Crippen molar-refractivity contribution in [3.63, 3.8) is 0 Å². The average Bonchev–Trinajstić information content (AvgIpc) is 2.26. The molecule has 0 radical (unpaired) electrons. The van der Waals surface area contributed by atoms with E-state index in [0.29, 0.717) is 5.57 Å². The quantitative estimate of drug-likeness (QED) is 0.353. The van der Waals surface area contributed by atoms with Gasteiger partial charge < -0.3 is 5.41 Å². The van der Waals surface area contributed by atoms with Gasteiger partial charge in [-0.05, 0) is 23.3 Å². The molecule has 0 aromatic heterocycles. The van der Waals surface area contributed by atoms with Gasteiger partial charge in [-0.15, -0.1) is 0 Å². The van der Waals surface area contributed by atoms with Gasteiger partial charge in [-0.25, -0.2) is 0 Å². The fraction of sp³-hybridized carbons (Fsp3) is 0. The molecule has 76 valence electrons. The highest BCUT2D eigenvalue weighted by molar-refractivity contribution is 6.08.